The van der Waals surface area contributed by atoms with Crippen LogP contribution in [0.25, 0.3) is 0 Å². The summed E-state index contributed by atoms with van der Waals surface area (Å²) in [7, 11) is 0. The second-order valence-corrected chi connectivity index (χ2v) is 8.23. The number of carbonyl (C=O) groups excluding carboxylic acids is 1. The topological polar surface area (TPSA) is 49.3 Å². The summed E-state index contributed by atoms with van der Waals surface area (Å²) in [6.07, 6.45) is 0. The Labute approximate surface area is 190 Å². The fraction of sp³-hybridized carbons (Fsp3) is 0.0741. The van der Waals surface area contributed by atoms with Gasteiger partial charge in [-0.3, -0.25) is 4.79 Å². The van der Waals surface area contributed by atoms with E-state index in [2.05, 4.69) is 21.2 Å². The summed E-state index contributed by atoms with van der Waals surface area (Å²) in [5.74, 6) is -0.485. The van der Waals surface area contributed by atoms with Crippen LogP contribution in [-0.2, 0) is 10.4 Å². The first-order chi connectivity index (χ1) is 15.1. The minimum atomic E-state index is -1.83. The molecule has 0 aliphatic carbocycles. The van der Waals surface area contributed by atoms with Gasteiger partial charge in [-0.25, -0.2) is 0 Å². The highest BCUT2D eigenvalue weighted by atomic mass is 79.9. The van der Waals surface area contributed by atoms with Crippen LogP contribution in [0.4, 0.5) is 0 Å². The van der Waals surface area contributed by atoms with Gasteiger partial charge in [0.2, 0.25) is 0 Å². The second-order valence-electron chi connectivity index (χ2n) is 7.31. The summed E-state index contributed by atoms with van der Waals surface area (Å²) in [5.41, 5.74) is 1.06. The van der Waals surface area contributed by atoms with Crippen LogP contribution in [0.3, 0.4) is 0 Å². The van der Waals surface area contributed by atoms with Crippen molar-refractivity contribution in [1.82, 2.24) is 5.32 Å². The van der Waals surface area contributed by atoms with Gasteiger partial charge in [0, 0.05) is 4.47 Å². The Kier molecular flexibility index (Phi) is 6.31. The van der Waals surface area contributed by atoms with E-state index >= 15 is 0 Å². The van der Waals surface area contributed by atoms with Crippen molar-refractivity contribution in [2.75, 3.05) is 0 Å². The molecule has 0 aromatic heterocycles. The maximum atomic E-state index is 13.7. The lowest BCUT2D eigenvalue weighted by Crippen LogP contribution is -2.46. The Morgan fingerprint density at radius 1 is 0.677 bits per heavy atom. The zero-order valence-electron chi connectivity index (χ0n) is 16.8. The van der Waals surface area contributed by atoms with Crippen molar-refractivity contribution in [3.05, 3.63) is 142 Å². The van der Waals surface area contributed by atoms with Crippen LogP contribution in [-0.4, -0.2) is 11.0 Å². The first-order valence-electron chi connectivity index (χ1n) is 10.0. The number of hydrogen-bond donors (Lipinski definition) is 2. The molecule has 4 aromatic carbocycles. The molecule has 0 bridgehead atoms. The van der Waals surface area contributed by atoms with Gasteiger partial charge in [0.05, 0.1) is 6.04 Å². The zero-order chi connectivity index (χ0) is 21.7. The largest absolute Gasteiger partial charge is 0.372 e. The molecule has 0 aliphatic heterocycles. The average molecular weight is 472 g/mol. The normalized spacial score (nSPS) is 12.2. The van der Waals surface area contributed by atoms with Crippen molar-refractivity contribution in [2.45, 2.75) is 11.6 Å². The van der Waals surface area contributed by atoms with Crippen molar-refractivity contribution in [3.63, 3.8) is 0 Å². The van der Waals surface area contributed by atoms with Gasteiger partial charge in [-0.05, 0) is 34.4 Å². The van der Waals surface area contributed by atoms with E-state index in [-0.39, 0.29) is 0 Å². The maximum absolute atomic E-state index is 13.7. The minimum absolute atomic E-state index is 0.416. The monoisotopic (exact) mass is 471 g/mol. The molecule has 1 atom stereocenters. The van der Waals surface area contributed by atoms with Gasteiger partial charge in [0.15, 0.2) is 5.60 Å². The van der Waals surface area contributed by atoms with Crippen LogP contribution in [0.2, 0.25) is 0 Å². The average Bonchev–Trinajstić information content (AvgIpc) is 2.84. The quantitative estimate of drug-likeness (QED) is 0.384. The summed E-state index contributed by atoms with van der Waals surface area (Å²) >= 11 is 3.47. The number of halogens is 1. The highest BCUT2D eigenvalue weighted by Gasteiger charge is 2.41. The number of hydrogen-bond acceptors (Lipinski definition) is 2. The van der Waals surface area contributed by atoms with Crippen LogP contribution in [0.15, 0.2) is 120 Å². The van der Waals surface area contributed by atoms with E-state index in [4.69, 9.17) is 0 Å². The van der Waals surface area contributed by atoms with Crippen molar-refractivity contribution < 1.29 is 9.90 Å². The standard InChI is InChI=1S/C27H22BrNO2/c28-24-18-16-21(17-19-24)25(20-10-4-1-5-11-20)29-26(30)27(31,22-12-6-2-7-13-22)23-14-8-3-9-15-23/h1-19,25,31H,(H,29,30)/t25-/m1/s1. The van der Waals surface area contributed by atoms with Gasteiger partial charge < -0.3 is 10.4 Å². The third-order valence-corrected chi connectivity index (χ3v) is 5.85. The number of rotatable bonds is 6. The molecule has 154 valence electrons. The Hall–Kier alpha value is -3.21. The summed E-state index contributed by atoms with van der Waals surface area (Å²) < 4.78 is 0.958. The summed E-state index contributed by atoms with van der Waals surface area (Å²) in [5, 5.41) is 14.9. The lowest BCUT2D eigenvalue weighted by atomic mass is 9.84. The van der Waals surface area contributed by atoms with Gasteiger partial charge in [-0.15, -0.1) is 0 Å². The summed E-state index contributed by atoms with van der Waals surface area (Å²) in [6.45, 7) is 0. The number of carbonyl (C=O) groups is 1. The van der Waals surface area contributed by atoms with Gasteiger partial charge in [0.1, 0.15) is 0 Å². The van der Waals surface area contributed by atoms with Crippen LogP contribution < -0.4 is 5.32 Å². The molecular weight excluding hydrogens is 450 g/mol. The van der Waals surface area contributed by atoms with E-state index in [0.717, 1.165) is 15.6 Å². The van der Waals surface area contributed by atoms with Crippen LogP contribution in [0, 0.1) is 0 Å². The molecule has 0 saturated carbocycles. The van der Waals surface area contributed by atoms with Gasteiger partial charge in [0.25, 0.3) is 5.91 Å². The van der Waals surface area contributed by atoms with Crippen LogP contribution in [0.5, 0.6) is 0 Å². The van der Waals surface area contributed by atoms with E-state index in [9.17, 15) is 9.90 Å². The molecule has 0 spiro atoms. The molecule has 0 radical (unpaired) electrons. The first kappa shape index (κ1) is 21.0. The fourth-order valence-corrected chi connectivity index (χ4v) is 3.95. The molecule has 4 aromatic rings. The minimum Gasteiger partial charge on any atom is -0.372 e. The zero-order valence-corrected chi connectivity index (χ0v) is 18.4. The lowest BCUT2D eigenvalue weighted by molar-refractivity contribution is -0.137. The van der Waals surface area contributed by atoms with Gasteiger partial charge in [-0.2, -0.15) is 0 Å². The predicted octanol–water partition coefficient (Wildman–Crippen LogP) is 5.59. The molecule has 4 rings (SSSR count). The van der Waals surface area contributed by atoms with E-state index in [1.165, 1.54) is 0 Å². The van der Waals surface area contributed by atoms with E-state index in [1.807, 2.05) is 91.0 Å². The third-order valence-electron chi connectivity index (χ3n) is 5.32. The molecule has 3 nitrogen and oxygen atoms in total. The molecule has 2 N–H and O–H groups in total. The van der Waals surface area contributed by atoms with Gasteiger partial charge >= 0.3 is 0 Å². The molecule has 4 heteroatoms. The van der Waals surface area contributed by atoms with Crippen molar-refractivity contribution in [1.29, 1.82) is 0 Å². The van der Waals surface area contributed by atoms with E-state index in [0.29, 0.717) is 11.1 Å². The Morgan fingerprint density at radius 3 is 1.58 bits per heavy atom. The molecule has 0 fully saturated rings. The smallest absolute Gasteiger partial charge is 0.262 e. The molecule has 0 heterocycles. The second kappa shape index (κ2) is 9.29. The first-order valence-corrected chi connectivity index (χ1v) is 10.8. The molecule has 31 heavy (non-hydrogen) atoms. The summed E-state index contributed by atoms with van der Waals surface area (Å²) in [6, 6.07) is 35.2. The molecule has 1 amide bonds. The molecule has 0 aliphatic rings. The molecule has 0 unspecified atom stereocenters. The van der Waals surface area contributed by atoms with Gasteiger partial charge in [-0.1, -0.05) is 119 Å². The highest BCUT2D eigenvalue weighted by molar-refractivity contribution is 9.10. The summed E-state index contributed by atoms with van der Waals surface area (Å²) in [4.78, 5) is 13.7. The Morgan fingerprint density at radius 2 is 1.10 bits per heavy atom. The maximum Gasteiger partial charge on any atom is 0.262 e. The predicted molar refractivity (Wildman–Crippen MR) is 126 cm³/mol. The number of amides is 1. The Bertz CT molecular complexity index is 1090. The fourth-order valence-electron chi connectivity index (χ4n) is 3.68. The molecule has 0 saturated heterocycles. The third kappa shape index (κ3) is 4.46. The van der Waals surface area contributed by atoms with Crippen LogP contribution >= 0.6 is 15.9 Å². The van der Waals surface area contributed by atoms with Crippen molar-refractivity contribution in [3.8, 4) is 0 Å². The van der Waals surface area contributed by atoms with E-state index < -0.39 is 17.6 Å². The SMILES string of the molecule is O=C(N[C@H](c1ccccc1)c1ccc(Br)cc1)C(O)(c1ccccc1)c1ccccc1. The van der Waals surface area contributed by atoms with Crippen molar-refractivity contribution in [2.24, 2.45) is 0 Å². The van der Waals surface area contributed by atoms with Crippen LogP contribution in [0.1, 0.15) is 28.3 Å². The molecular formula is C27H22BrNO2. The number of nitrogens with one attached hydrogen (secondary N) is 1. The van der Waals surface area contributed by atoms with E-state index in [1.54, 1.807) is 24.3 Å². The number of aliphatic hydroxyl groups is 1. The lowest BCUT2D eigenvalue weighted by Gasteiger charge is -2.31. The number of benzene rings is 4. The van der Waals surface area contributed by atoms with Crippen molar-refractivity contribution >= 4 is 21.8 Å². The highest BCUT2D eigenvalue weighted by Crippen LogP contribution is 2.32. The Balaban J connectivity index is 1.78.